The van der Waals surface area contributed by atoms with Crippen molar-refractivity contribution in [3.63, 3.8) is 0 Å². The number of rotatable bonds is 0. The number of hydrogen-bond donors (Lipinski definition) is 0. The summed E-state index contributed by atoms with van der Waals surface area (Å²) in [4.78, 5) is 0. The van der Waals surface area contributed by atoms with Crippen LogP contribution < -0.4 is 5.46 Å². The third-order valence-electron chi connectivity index (χ3n) is 3.17. The van der Waals surface area contributed by atoms with Gasteiger partial charge in [-0.15, -0.1) is 22.7 Å². The topological polar surface area (TPSA) is 0 Å². The number of benzene rings is 2. The summed E-state index contributed by atoms with van der Waals surface area (Å²) in [5, 5.41) is 4.27. The lowest BCUT2D eigenvalue weighted by molar-refractivity contribution is 1.87. The summed E-state index contributed by atoms with van der Waals surface area (Å²) in [5.74, 6) is 0. The van der Waals surface area contributed by atoms with Crippen LogP contribution in [0.25, 0.3) is 29.6 Å². The molecule has 4 rings (SSSR count). The number of fused-ring (bicyclic) bond motifs is 5. The fourth-order valence-electron chi connectivity index (χ4n) is 2.37. The molecule has 0 saturated carbocycles. The van der Waals surface area contributed by atoms with Crippen LogP contribution in [-0.2, 0) is 0 Å². The normalized spacial score (nSPS) is 11.8. The molecule has 17 heavy (non-hydrogen) atoms. The summed E-state index contributed by atoms with van der Waals surface area (Å²) in [6.07, 6.45) is 0. The molecule has 0 radical (unpaired) electrons. The highest BCUT2D eigenvalue weighted by atomic mass is 32.2. The van der Waals surface area contributed by atoms with Crippen molar-refractivity contribution in [1.29, 1.82) is 0 Å². The molecule has 3 heteroatoms. The van der Waals surface area contributed by atoms with Gasteiger partial charge in [0.05, 0.1) is 4.01 Å². The zero-order valence-corrected chi connectivity index (χ0v) is 11.0. The van der Waals surface area contributed by atoms with E-state index in [1.165, 1.54) is 35.0 Å². The molecule has 0 amide bonds. The molecule has 80 valence electrons. The highest BCUT2D eigenvalue weighted by Crippen LogP contribution is 2.43. The first kappa shape index (κ1) is 9.69. The third kappa shape index (κ3) is 1.30. The average Bonchev–Trinajstić information content (AvgIpc) is 2.83. The van der Waals surface area contributed by atoms with Crippen LogP contribution >= 0.6 is 22.7 Å². The Morgan fingerprint density at radius 2 is 1.59 bits per heavy atom. The summed E-state index contributed by atoms with van der Waals surface area (Å²) in [7, 11) is 2.16. The Bertz CT molecular complexity index is 854. The van der Waals surface area contributed by atoms with Crippen LogP contribution in [0.5, 0.6) is 0 Å². The highest BCUT2D eigenvalue weighted by Gasteiger charge is 2.11. The van der Waals surface area contributed by atoms with Gasteiger partial charge in [-0.1, -0.05) is 41.9 Å². The Hall–Kier alpha value is -1.32. The summed E-state index contributed by atoms with van der Waals surface area (Å²) in [6.45, 7) is 0. The lowest BCUT2D eigenvalue weighted by Gasteiger charge is -1.94. The average molecular weight is 252 g/mol. The Morgan fingerprint density at radius 3 is 2.53 bits per heavy atom. The van der Waals surface area contributed by atoms with E-state index in [0.29, 0.717) is 0 Å². The fraction of sp³-hybridized carbons (Fsp3) is 0. The van der Waals surface area contributed by atoms with E-state index in [1.807, 2.05) is 22.7 Å². The Kier molecular flexibility index (Phi) is 1.90. The van der Waals surface area contributed by atoms with E-state index in [-0.39, 0.29) is 0 Å². The smallest absolute Gasteiger partial charge is 0.124 e. The molecule has 0 aliphatic carbocycles. The zero-order chi connectivity index (χ0) is 11.4. The van der Waals surface area contributed by atoms with Crippen molar-refractivity contribution in [2.24, 2.45) is 0 Å². The van der Waals surface area contributed by atoms with Gasteiger partial charge in [-0.25, -0.2) is 0 Å². The second kappa shape index (κ2) is 3.34. The molecule has 0 unspecified atom stereocenters. The van der Waals surface area contributed by atoms with Gasteiger partial charge in [0.1, 0.15) is 7.85 Å². The molecule has 2 aromatic carbocycles. The first-order valence-electron chi connectivity index (χ1n) is 5.63. The molecular formula is C14H9BS2. The van der Waals surface area contributed by atoms with Crippen LogP contribution in [0.15, 0.2) is 42.5 Å². The molecule has 2 aromatic heterocycles. The van der Waals surface area contributed by atoms with Gasteiger partial charge >= 0.3 is 0 Å². The van der Waals surface area contributed by atoms with Crippen molar-refractivity contribution in [2.45, 2.75) is 0 Å². The zero-order valence-electron chi connectivity index (χ0n) is 9.36. The van der Waals surface area contributed by atoms with Crippen LogP contribution in [-0.4, -0.2) is 7.85 Å². The van der Waals surface area contributed by atoms with E-state index in [0.717, 1.165) is 0 Å². The van der Waals surface area contributed by atoms with E-state index in [9.17, 15) is 0 Å². The predicted octanol–water partition coefficient (Wildman–Crippen LogP) is 3.53. The van der Waals surface area contributed by atoms with Crippen molar-refractivity contribution in [1.82, 2.24) is 0 Å². The fourth-order valence-corrected chi connectivity index (χ4v) is 5.07. The van der Waals surface area contributed by atoms with Crippen LogP contribution in [0.2, 0.25) is 0 Å². The van der Waals surface area contributed by atoms with Crippen molar-refractivity contribution >= 4 is 65.6 Å². The Morgan fingerprint density at radius 1 is 0.824 bits per heavy atom. The molecule has 2 heterocycles. The number of thiophene rings is 2. The minimum absolute atomic E-state index is 1.34. The van der Waals surface area contributed by atoms with Crippen molar-refractivity contribution in [3.05, 3.63) is 42.5 Å². The standard InChI is InChI=1S/C14H9BS2/c15-8-5-6-10-12(7-8)17-14-13(10)9-3-1-2-4-11(9)16-14/h1-7H,15H2. The largest absolute Gasteiger partial charge is 0.139 e. The summed E-state index contributed by atoms with van der Waals surface area (Å²) in [5.41, 5.74) is 1.34. The molecule has 4 aromatic rings. The summed E-state index contributed by atoms with van der Waals surface area (Å²) >= 11 is 3.83. The maximum atomic E-state index is 2.29. The van der Waals surface area contributed by atoms with E-state index in [2.05, 4.69) is 50.3 Å². The SMILES string of the molecule is Bc1ccc2c(c1)sc1sc3ccccc3c12. The van der Waals surface area contributed by atoms with Crippen LogP contribution in [0.4, 0.5) is 0 Å². The third-order valence-corrected chi connectivity index (χ3v) is 5.58. The van der Waals surface area contributed by atoms with Gasteiger partial charge in [-0.2, -0.15) is 0 Å². The number of hydrogen-bond acceptors (Lipinski definition) is 2. The minimum Gasteiger partial charge on any atom is -0.124 e. The highest BCUT2D eigenvalue weighted by molar-refractivity contribution is 7.44. The van der Waals surface area contributed by atoms with E-state index < -0.39 is 0 Å². The molecular weight excluding hydrogens is 243 g/mol. The molecule has 0 aliphatic rings. The molecule has 0 saturated heterocycles. The lowest BCUT2D eigenvalue weighted by Crippen LogP contribution is -1.98. The van der Waals surface area contributed by atoms with E-state index in [1.54, 1.807) is 0 Å². The monoisotopic (exact) mass is 252 g/mol. The second-order valence-electron chi connectivity index (χ2n) is 4.36. The Balaban J connectivity index is 2.31. The molecule has 0 N–H and O–H groups in total. The van der Waals surface area contributed by atoms with Crippen LogP contribution in [0.1, 0.15) is 0 Å². The molecule has 0 fully saturated rings. The molecule has 0 nitrogen and oxygen atoms in total. The van der Waals surface area contributed by atoms with Crippen LogP contribution in [0, 0.1) is 0 Å². The Labute approximate surface area is 108 Å². The van der Waals surface area contributed by atoms with Gasteiger partial charge < -0.3 is 0 Å². The maximum absolute atomic E-state index is 2.29. The molecule has 0 atom stereocenters. The van der Waals surface area contributed by atoms with Crippen molar-refractivity contribution in [2.75, 3.05) is 0 Å². The van der Waals surface area contributed by atoms with Crippen LogP contribution in [0.3, 0.4) is 0 Å². The molecule has 0 spiro atoms. The van der Waals surface area contributed by atoms with Gasteiger partial charge in [0, 0.05) is 25.6 Å². The summed E-state index contributed by atoms with van der Waals surface area (Å²) < 4.78 is 4.26. The minimum atomic E-state index is 1.34. The van der Waals surface area contributed by atoms with Gasteiger partial charge in [-0.3, -0.25) is 0 Å². The summed E-state index contributed by atoms with van der Waals surface area (Å²) in [6, 6.07) is 15.5. The lowest BCUT2D eigenvalue weighted by atomic mass is 9.95. The quantitative estimate of drug-likeness (QED) is 0.420. The maximum Gasteiger partial charge on any atom is 0.139 e. The van der Waals surface area contributed by atoms with E-state index >= 15 is 0 Å². The van der Waals surface area contributed by atoms with Gasteiger partial charge in [0.2, 0.25) is 0 Å². The first-order chi connectivity index (χ1) is 8.33. The van der Waals surface area contributed by atoms with Crippen molar-refractivity contribution < 1.29 is 0 Å². The van der Waals surface area contributed by atoms with Crippen molar-refractivity contribution in [3.8, 4) is 0 Å². The second-order valence-corrected chi connectivity index (χ2v) is 6.73. The van der Waals surface area contributed by atoms with Gasteiger partial charge in [0.25, 0.3) is 0 Å². The van der Waals surface area contributed by atoms with Gasteiger partial charge in [0.15, 0.2) is 0 Å². The predicted molar refractivity (Wildman–Crippen MR) is 82.9 cm³/mol. The first-order valence-corrected chi connectivity index (χ1v) is 7.26. The molecule has 0 aliphatic heterocycles. The molecule has 0 bridgehead atoms. The van der Waals surface area contributed by atoms with Gasteiger partial charge in [-0.05, 0) is 6.07 Å². The van der Waals surface area contributed by atoms with E-state index in [4.69, 9.17) is 0 Å².